The number of likely N-dealkylation sites (N-methyl/N-ethyl adjacent to an activating group) is 1. The van der Waals surface area contributed by atoms with E-state index in [0.29, 0.717) is 6.10 Å². The molecule has 1 aromatic heterocycles. The van der Waals surface area contributed by atoms with Gasteiger partial charge in [0.1, 0.15) is 11.5 Å². The molecule has 0 spiro atoms. The minimum absolute atomic E-state index is 0.282. The molecule has 1 saturated heterocycles. The van der Waals surface area contributed by atoms with Crippen LogP contribution in [0.4, 0.5) is 0 Å². The van der Waals surface area contributed by atoms with Crippen molar-refractivity contribution in [3.8, 4) is 0 Å². The van der Waals surface area contributed by atoms with E-state index < -0.39 is 0 Å². The average Bonchev–Trinajstić information content (AvgIpc) is 2.85. The number of ether oxygens (including phenoxy) is 1. The van der Waals surface area contributed by atoms with Crippen molar-refractivity contribution in [2.75, 3.05) is 13.2 Å². The molecule has 90 valence electrons. The molecule has 3 nitrogen and oxygen atoms in total. The van der Waals surface area contributed by atoms with Gasteiger partial charge in [-0.2, -0.15) is 0 Å². The van der Waals surface area contributed by atoms with Gasteiger partial charge in [0, 0.05) is 12.2 Å². The summed E-state index contributed by atoms with van der Waals surface area (Å²) in [5.41, 5.74) is 1.26. The summed E-state index contributed by atoms with van der Waals surface area (Å²) in [5, 5.41) is 3.51. The van der Waals surface area contributed by atoms with E-state index in [4.69, 9.17) is 9.15 Å². The molecule has 1 N–H and O–H groups in total. The third kappa shape index (κ3) is 2.30. The fourth-order valence-electron chi connectivity index (χ4n) is 2.49. The maximum atomic E-state index is 5.78. The van der Waals surface area contributed by atoms with E-state index in [1.54, 1.807) is 0 Å². The molecule has 2 heterocycles. The van der Waals surface area contributed by atoms with Crippen LogP contribution in [0.15, 0.2) is 10.5 Å². The third-order valence-corrected chi connectivity index (χ3v) is 3.18. The largest absolute Gasteiger partial charge is 0.466 e. The number of hydrogen-bond donors (Lipinski definition) is 1. The van der Waals surface area contributed by atoms with Crippen molar-refractivity contribution in [3.63, 3.8) is 0 Å². The summed E-state index contributed by atoms with van der Waals surface area (Å²) in [6, 6.07) is 2.41. The summed E-state index contributed by atoms with van der Waals surface area (Å²) >= 11 is 0. The second-order valence-electron chi connectivity index (χ2n) is 4.46. The fourth-order valence-corrected chi connectivity index (χ4v) is 2.49. The summed E-state index contributed by atoms with van der Waals surface area (Å²) in [6.45, 7) is 8.00. The second-order valence-corrected chi connectivity index (χ2v) is 4.46. The highest BCUT2D eigenvalue weighted by Crippen LogP contribution is 2.30. The van der Waals surface area contributed by atoms with E-state index in [0.717, 1.165) is 31.1 Å². The number of furan rings is 1. The Morgan fingerprint density at radius 2 is 2.31 bits per heavy atom. The van der Waals surface area contributed by atoms with Gasteiger partial charge < -0.3 is 14.5 Å². The van der Waals surface area contributed by atoms with Crippen LogP contribution in [0, 0.1) is 13.8 Å². The maximum absolute atomic E-state index is 5.78. The lowest BCUT2D eigenvalue weighted by atomic mass is 9.99. The summed E-state index contributed by atoms with van der Waals surface area (Å²) in [5.74, 6) is 1.99. The molecule has 0 aliphatic carbocycles. The molecule has 0 bridgehead atoms. The van der Waals surface area contributed by atoms with E-state index in [-0.39, 0.29) is 6.04 Å². The third-order valence-electron chi connectivity index (χ3n) is 3.18. The Morgan fingerprint density at radius 3 is 2.81 bits per heavy atom. The van der Waals surface area contributed by atoms with Gasteiger partial charge in [-0.25, -0.2) is 0 Å². The SMILES string of the molecule is CCNC(c1cc(C)oc1C)C1CCCO1. The predicted molar refractivity (Wildman–Crippen MR) is 63.6 cm³/mol. The molecule has 0 saturated carbocycles. The van der Waals surface area contributed by atoms with E-state index in [1.807, 2.05) is 13.8 Å². The van der Waals surface area contributed by atoms with Gasteiger partial charge in [0.05, 0.1) is 12.1 Å². The van der Waals surface area contributed by atoms with Crippen molar-refractivity contribution < 1.29 is 9.15 Å². The second kappa shape index (κ2) is 5.02. The average molecular weight is 223 g/mol. The molecule has 1 aromatic rings. The standard InChI is InChI=1S/C13H21NO2/c1-4-14-13(12-6-5-7-15-12)11-8-9(2)16-10(11)3/h8,12-14H,4-7H2,1-3H3. The summed E-state index contributed by atoms with van der Waals surface area (Å²) in [6.07, 6.45) is 2.61. The van der Waals surface area contributed by atoms with Gasteiger partial charge in [0.25, 0.3) is 0 Å². The van der Waals surface area contributed by atoms with Gasteiger partial charge in [-0.3, -0.25) is 0 Å². The molecule has 2 atom stereocenters. The van der Waals surface area contributed by atoms with Gasteiger partial charge in [0.15, 0.2) is 0 Å². The minimum atomic E-state index is 0.282. The van der Waals surface area contributed by atoms with Crippen molar-refractivity contribution in [3.05, 3.63) is 23.2 Å². The zero-order valence-electron chi connectivity index (χ0n) is 10.4. The van der Waals surface area contributed by atoms with Crippen LogP contribution in [0.2, 0.25) is 0 Å². The molecule has 0 aromatic carbocycles. The van der Waals surface area contributed by atoms with Crippen LogP contribution in [-0.2, 0) is 4.74 Å². The molecular weight excluding hydrogens is 202 g/mol. The number of nitrogens with one attached hydrogen (secondary N) is 1. The molecule has 2 unspecified atom stereocenters. The van der Waals surface area contributed by atoms with Crippen LogP contribution in [0.25, 0.3) is 0 Å². The quantitative estimate of drug-likeness (QED) is 0.852. The Hall–Kier alpha value is -0.800. The van der Waals surface area contributed by atoms with Crippen molar-refractivity contribution in [1.82, 2.24) is 5.32 Å². The zero-order chi connectivity index (χ0) is 11.5. The Kier molecular flexibility index (Phi) is 3.66. The van der Waals surface area contributed by atoms with Crippen LogP contribution in [0.1, 0.15) is 42.9 Å². The fraction of sp³-hybridized carbons (Fsp3) is 0.692. The highest BCUT2D eigenvalue weighted by Gasteiger charge is 2.29. The number of rotatable bonds is 4. The van der Waals surface area contributed by atoms with E-state index in [2.05, 4.69) is 18.3 Å². The lowest BCUT2D eigenvalue weighted by Crippen LogP contribution is -2.31. The molecule has 16 heavy (non-hydrogen) atoms. The first-order chi connectivity index (χ1) is 7.72. The molecule has 0 radical (unpaired) electrons. The molecule has 1 fully saturated rings. The summed E-state index contributed by atoms with van der Waals surface area (Å²) in [4.78, 5) is 0. The Bertz CT molecular complexity index is 340. The van der Waals surface area contributed by atoms with Gasteiger partial charge >= 0.3 is 0 Å². The van der Waals surface area contributed by atoms with E-state index >= 15 is 0 Å². The Labute approximate surface area is 97.2 Å². The van der Waals surface area contributed by atoms with Crippen LogP contribution < -0.4 is 5.32 Å². The lowest BCUT2D eigenvalue weighted by Gasteiger charge is -2.23. The maximum Gasteiger partial charge on any atom is 0.105 e. The summed E-state index contributed by atoms with van der Waals surface area (Å²) in [7, 11) is 0. The van der Waals surface area contributed by atoms with Crippen LogP contribution in [0.3, 0.4) is 0 Å². The van der Waals surface area contributed by atoms with Crippen LogP contribution in [-0.4, -0.2) is 19.3 Å². The van der Waals surface area contributed by atoms with Gasteiger partial charge in [-0.05, 0) is 39.3 Å². The predicted octanol–water partition coefficient (Wildman–Crippen LogP) is 2.73. The topological polar surface area (TPSA) is 34.4 Å². The van der Waals surface area contributed by atoms with E-state index in [9.17, 15) is 0 Å². The number of hydrogen-bond acceptors (Lipinski definition) is 3. The molecule has 1 aliphatic heterocycles. The van der Waals surface area contributed by atoms with Gasteiger partial charge in [0.2, 0.25) is 0 Å². The first-order valence-electron chi connectivity index (χ1n) is 6.14. The van der Waals surface area contributed by atoms with Crippen LogP contribution in [0.5, 0.6) is 0 Å². The van der Waals surface area contributed by atoms with E-state index in [1.165, 1.54) is 12.0 Å². The highest BCUT2D eigenvalue weighted by atomic mass is 16.5. The Balaban J connectivity index is 2.20. The zero-order valence-corrected chi connectivity index (χ0v) is 10.4. The normalized spacial score (nSPS) is 22.6. The molecule has 1 aliphatic rings. The van der Waals surface area contributed by atoms with Crippen LogP contribution >= 0.6 is 0 Å². The first-order valence-corrected chi connectivity index (χ1v) is 6.14. The van der Waals surface area contributed by atoms with Gasteiger partial charge in [-0.15, -0.1) is 0 Å². The van der Waals surface area contributed by atoms with Crippen molar-refractivity contribution in [1.29, 1.82) is 0 Å². The minimum Gasteiger partial charge on any atom is -0.466 e. The summed E-state index contributed by atoms with van der Waals surface area (Å²) < 4.78 is 11.4. The van der Waals surface area contributed by atoms with Gasteiger partial charge in [-0.1, -0.05) is 6.92 Å². The first kappa shape index (κ1) is 11.7. The smallest absolute Gasteiger partial charge is 0.105 e. The highest BCUT2D eigenvalue weighted by molar-refractivity contribution is 5.25. The monoisotopic (exact) mass is 223 g/mol. The Morgan fingerprint density at radius 1 is 1.50 bits per heavy atom. The molecule has 3 heteroatoms. The molecule has 0 amide bonds. The molecular formula is C13H21NO2. The lowest BCUT2D eigenvalue weighted by molar-refractivity contribution is 0.0783. The number of aryl methyl sites for hydroxylation is 2. The van der Waals surface area contributed by atoms with Crippen molar-refractivity contribution in [2.45, 2.75) is 45.8 Å². The van der Waals surface area contributed by atoms with Crippen molar-refractivity contribution in [2.24, 2.45) is 0 Å². The van der Waals surface area contributed by atoms with Crippen molar-refractivity contribution >= 4 is 0 Å². The molecule has 2 rings (SSSR count).